The van der Waals surface area contributed by atoms with Gasteiger partial charge in [-0.05, 0) is 49.5 Å². The number of aromatic amines is 1. The first-order chi connectivity index (χ1) is 10.8. The second-order valence-corrected chi connectivity index (χ2v) is 5.37. The van der Waals surface area contributed by atoms with E-state index in [1.165, 1.54) is 11.6 Å². The molecule has 0 unspecified atom stereocenters. The van der Waals surface area contributed by atoms with E-state index in [1.54, 1.807) is 6.07 Å². The number of amides is 1. The highest BCUT2D eigenvalue weighted by molar-refractivity contribution is 5.87. The fraction of sp³-hybridized carbons (Fsp3) is 0.375. The van der Waals surface area contributed by atoms with Crippen LogP contribution in [-0.4, -0.2) is 35.8 Å². The zero-order chi connectivity index (χ0) is 15.4. The summed E-state index contributed by atoms with van der Waals surface area (Å²) in [7, 11) is 0. The smallest absolute Gasteiger partial charge is 0.413 e. The van der Waals surface area contributed by atoms with Crippen LogP contribution in [0.3, 0.4) is 0 Å². The zero-order valence-corrected chi connectivity index (χ0v) is 12.4. The number of anilines is 1. The number of nitrogens with one attached hydrogen (secondary N) is 3. The first-order valence-electron chi connectivity index (χ1n) is 7.51. The van der Waals surface area contributed by atoms with Gasteiger partial charge in [0.2, 0.25) is 0 Å². The van der Waals surface area contributed by atoms with Crippen LogP contribution < -0.4 is 10.6 Å². The SMILES string of the molecule is C=CCOC(=O)Nc1ccc2[nH]cc(C3CCNCC3)c2n1. The van der Waals surface area contributed by atoms with Crippen molar-refractivity contribution in [3.63, 3.8) is 0 Å². The lowest BCUT2D eigenvalue weighted by Crippen LogP contribution is -2.26. The number of aromatic nitrogens is 2. The van der Waals surface area contributed by atoms with Crippen molar-refractivity contribution >= 4 is 22.9 Å². The van der Waals surface area contributed by atoms with Gasteiger partial charge in [0.25, 0.3) is 0 Å². The maximum Gasteiger partial charge on any atom is 0.413 e. The Morgan fingerprint density at radius 2 is 2.27 bits per heavy atom. The standard InChI is InChI=1S/C16H20N4O2/c1-2-9-22-16(21)20-14-4-3-13-15(19-14)12(10-18-13)11-5-7-17-8-6-11/h2-4,10-11,17-18H,1,5-9H2,(H,19,20,21). The molecule has 0 spiro atoms. The predicted octanol–water partition coefficient (Wildman–Crippen LogP) is 2.76. The molecule has 2 aromatic heterocycles. The molecule has 3 N–H and O–H groups in total. The molecule has 0 radical (unpaired) electrons. The number of H-pyrrole nitrogens is 1. The Hall–Kier alpha value is -2.34. The number of pyridine rings is 1. The summed E-state index contributed by atoms with van der Waals surface area (Å²) in [4.78, 5) is 19.4. The van der Waals surface area contributed by atoms with Crippen LogP contribution in [0.15, 0.2) is 31.0 Å². The number of hydrogen-bond acceptors (Lipinski definition) is 4. The largest absolute Gasteiger partial charge is 0.445 e. The van der Waals surface area contributed by atoms with Crippen molar-refractivity contribution < 1.29 is 9.53 Å². The highest BCUT2D eigenvalue weighted by Crippen LogP contribution is 2.31. The number of carbonyl (C=O) groups excluding carboxylic acids is 1. The summed E-state index contributed by atoms with van der Waals surface area (Å²) in [5, 5.41) is 6.01. The second-order valence-electron chi connectivity index (χ2n) is 5.37. The van der Waals surface area contributed by atoms with Crippen molar-refractivity contribution in [3.05, 3.63) is 36.5 Å². The van der Waals surface area contributed by atoms with Crippen LogP contribution in [0, 0.1) is 0 Å². The van der Waals surface area contributed by atoms with Gasteiger partial charge in [0.15, 0.2) is 0 Å². The molecule has 0 atom stereocenters. The third-order valence-corrected chi connectivity index (χ3v) is 3.89. The second kappa shape index (κ2) is 6.62. The highest BCUT2D eigenvalue weighted by Gasteiger charge is 2.19. The molecule has 0 saturated carbocycles. The minimum atomic E-state index is -0.522. The molecule has 1 amide bonds. The topological polar surface area (TPSA) is 79.0 Å². The molecular weight excluding hydrogens is 280 g/mol. The average molecular weight is 300 g/mol. The Morgan fingerprint density at radius 3 is 3.05 bits per heavy atom. The van der Waals surface area contributed by atoms with E-state index >= 15 is 0 Å². The quantitative estimate of drug-likeness (QED) is 0.759. The van der Waals surface area contributed by atoms with Gasteiger partial charge in [-0.2, -0.15) is 0 Å². The minimum absolute atomic E-state index is 0.179. The van der Waals surface area contributed by atoms with Crippen molar-refractivity contribution in [2.75, 3.05) is 25.0 Å². The Kier molecular flexibility index (Phi) is 4.39. The van der Waals surface area contributed by atoms with Crippen LogP contribution in [0.2, 0.25) is 0 Å². The van der Waals surface area contributed by atoms with Gasteiger partial charge in [0, 0.05) is 6.20 Å². The molecule has 6 nitrogen and oxygen atoms in total. The van der Waals surface area contributed by atoms with Gasteiger partial charge >= 0.3 is 6.09 Å². The summed E-state index contributed by atoms with van der Waals surface area (Å²) in [5.41, 5.74) is 3.13. The van der Waals surface area contributed by atoms with Gasteiger partial charge in [-0.25, -0.2) is 9.78 Å². The van der Waals surface area contributed by atoms with Gasteiger partial charge in [-0.1, -0.05) is 12.7 Å². The van der Waals surface area contributed by atoms with Gasteiger partial charge in [-0.3, -0.25) is 5.32 Å². The summed E-state index contributed by atoms with van der Waals surface area (Å²) in [6, 6.07) is 3.69. The van der Waals surface area contributed by atoms with Crippen molar-refractivity contribution in [1.82, 2.24) is 15.3 Å². The van der Waals surface area contributed by atoms with E-state index < -0.39 is 6.09 Å². The monoisotopic (exact) mass is 300 g/mol. The van der Waals surface area contributed by atoms with E-state index in [0.29, 0.717) is 11.7 Å². The average Bonchev–Trinajstić information content (AvgIpc) is 2.97. The molecule has 3 rings (SSSR count). The maximum atomic E-state index is 11.6. The molecule has 0 aliphatic carbocycles. The molecule has 1 fully saturated rings. The fourth-order valence-corrected chi connectivity index (χ4v) is 2.81. The first kappa shape index (κ1) is 14.6. The number of nitrogens with zero attached hydrogens (tertiary/aromatic N) is 1. The van der Waals surface area contributed by atoms with Crippen LogP contribution in [0.4, 0.5) is 10.6 Å². The van der Waals surface area contributed by atoms with Crippen molar-refractivity contribution in [2.24, 2.45) is 0 Å². The zero-order valence-electron chi connectivity index (χ0n) is 12.4. The third kappa shape index (κ3) is 3.12. The Balaban J connectivity index is 1.81. The van der Waals surface area contributed by atoms with Crippen LogP contribution in [0.1, 0.15) is 24.3 Å². The van der Waals surface area contributed by atoms with Gasteiger partial charge < -0.3 is 15.0 Å². The molecular formula is C16H20N4O2. The molecule has 0 bridgehead atoms. The van der Waals surface area contributed by atoms with Gasteiger partial charge in [0.05, 0.1) is 11.0 Å². The molecule has 1 aliphatic rings. The third-order valence-electron chi connectivity index (χ3n) is 3.89. The number of carbonyl (C=O) groups is 1. The Bertz CT molecular complexity index is 674. The molecule has 2 aromatic rings. The summed E-state index contributed by atoms with van der Waals surface area (Å²) < 4.78 is 4.91. The Morgan fingerprint density at radius 1 is 1.45 bits per heavy atom. The Labute approximate surface area is 129 Å². The van der Waals surface area contributed by atoms with E-state index in [-0.39, 0.29) is 6.61 Å². The van der Waals surface area contributed by atoms with E-state index in [0.717, 1.165) is 37.0 Å². The lowest BCUT2D eigenvalue weighted by atomic mass is 9.91. The van der Waals surface area contributed by atoms with E-state index in [9.17, 15) is 4.79 Å². The highest BCUT2D eigenvalue weighted by atomic mass is 16.5. The summed E-state index contributed by atoms with van der Waals surface area (Å²) in [5.74, 6) is 1.00. The lowest BCUT2D eigenvalue weighted by molar-refractivity contribution is 0.174. The summed E-state index contributed by atoms with van der Waals surface area (Å²) in [6.45, 7) is 5.75. The van der Waals surface area contributed by atoms with E-state index in [1.807, 2.05) is 12.3 Å². The first-order valence-corrected chi connectivity index (χ1v) is 7.51. The number of ether oxygens (including phenoxy) is 1. The van der Waals surface area contributed by atoms with Crippen molar-refractivity contribution in [1.29, 1.82) is 0 Å². The molecule has 1 aliphatic heterocycles. The molecule has 1 saturated heterocycles. The molecule has 0 aromatic carbocycles. The lowest BCUT2D eigenvalue weighted by Gasteiger charge is -2.21. The number of rotatable bonds is 4. The number of hydrogen-bond donors (Lipinski definition) is 3. The van der Waals surface area contributed by atoms with Gasteiger partial charge in [-0.15, -0.1) is 0 Å². The van der Waals surface area contributed by atoms with E-state index in [2.05, 4.69) is 27.2 Å². The molecule has 3 heterocycles. The molecule has 6 heteroatoms. The van der Waals surface area contributed by atoms with E-state index in [4.69, 9.17) is 4.74 Å². The normalized spacial score (nSPS) is 15.6. The van der Waals surface area contributed by atoms with Crippen LogP contribution in [0.5, 0.6) is 0 Å². The number of piperidine rings is 1. The predicted molar refractivity (Wildman–Crippen MR) is 86.1 cm³/mol. The number of fused-ring (bicyclic) bond motifs is 1. The van der Waals surface area contributed by atoms with Gasteiger partial charge in [0.1, 0.15) is 12.4 Å². The summed E-state index contributed by atoms with van der Waals surface area (Å²) >= 11 is 0. The van der Waals surface area contributed by atoms with Crippen molar-refractivity contribution in [2.45, 2.75) is 18.8 Å². The minimum Gasteiger partial charge on any atom is -0.445 e. The summed E-state index contributed by atoms with van der Waals surface area (Å²) in [6.07, 6.45) is 5.25. The van der Waals surface area contributed by atoms with Crippen LogP contribution in [-0.2, 0) is 4.74 Å². The fourth-order valence-electron chi connectivity index (χ4n) is 2.81. The molecule has 22 heavy (non-hydrogen) atoms. The van der Waals surface area contributed by atoms with Crippen molar-refractivity contribution in [3.8, 4) is 0 Å². The van der Waals surface area contributed by atoms with Crippen LogP contribution >= 0.6 is 0 Å². The van der Waals surface area contributed by atoms with Crippen LogP contribution in [0.25, 0.3) is 11.0 Å². The maximum absolute atomic E-state index is 11.6. The molecule has 116 valence electrons.